The average Bonchev–Trinajstić information content (AvgIpc) is 2.15. The van der Waals surface area contributed by atoms with Gasteiger partial charge >= 0.3 is 0 Å². The Bertz CT molecular complexity index is 171. The van der Waals surface area contributed by atoms with Gasteiger partial charge in [-0.25, -0.2) is 0 Å². The van der Waals surface area contributed by atoms with Crippen molar-refractivity contribution in [2.75, 3.05) is 13.2 Å². The molecule has 0 radical (unpaired) electrons. The molecule has 0 aromatic rings. The SMILES string of the molecule is NC1COCC(C=O)NC1=O. The molecule has 1 heterocycles. The number of ether oxygens (including phenoxy) is 1. The van der Waals surface area contributed by atoms with Crippen molar-refractivity contribution >= 4 is 12.2 Å². The van der Waals surface area contributed by atoms with Gasteiger partial charge in [-0.15, -0.1) is 0 Å². The predicted molar refractivity (Wildman–Crippen MR) is 36.8 cm³/mol. The average molecular weight is 158 g/mol. The monoisotopic (exact) mass is 158 g/mol. The van der Waals surface area contributed by atoms with Crippen molar-refractivity contribution in [3.05, 3.63) is 0 Å². The zero-order valence-electron chi connectivity index (χ0n) is 5.95. The molecule has 1 aliphatic heterocycles. The van der Waals surface area contributed by atoms with E-state index in [9.17, 15) is 9.59 Å². The van der Waals surface area contributed by atoms with Crippen molar-refractivity contribution < 1.29 is 14.3 Å². The van der Waals surface area contributed by atoms with Crippen LogP contribution in [-0.4, -0.2) is 37.5 Å². The maximum atomic E-state index is 10.9. The highest BCUT2D eigenvalue weighted by molar-refractivity contribution is 5.84. The summed E-state index contributed by atoms with van der Waals surface area (Å²) in [6.07, 6.45) is 0.635. The van der Waals surface area contributed by atoms with E-state index < -0.39 is 12.1 Å². The Morgan fingerprint density at radius 3 is 3.00 bits per heavy atom. The van der Waals surface area contributed by atoms with Gasteiger partial charge in [0.2, 0.25) is 5.91 Å². The zero-order chi connectivity index (χ0) is 8.27. The van der Waals surface area contributed by atoms with Crippen LogP contribution in [0, 0.1) is 0 Å². The summed E-state index contributed by atoms with van der Waals surface area (Å²) in [5.74, 6) is -0.334. The lowest BCUT2D eigenvalue weighted by atomic mass is 10.3. The standard InChI is InChI=1S/C6H10N2O3/c7-5-3-11-2-4(1-9)8-6(5)10/h1,4-5H,2-3,7H2,(H,8,10). The number of aldehydes is 1. The fourth-order valence-electron chi connectivity index (χ4n) is 0.802. The van der Waals surface area contributed by atoms with Crippen LogP contribution in [0.3, 0.4) is 0 Å². The molecule has 3 N–H and O–H groups in total. The molecular formula is C6H10N2O3. The van der Waals surface area contributed by atoms with Crippen LogP contribution in [0.25, 0.3) is 0 Å². The number of nitrogens with two attached hydrogens (primary N) is 1. The van der Waals surface area contributed by atoms with Gasteiger partial charge in [0.25, 0.3) is 0 Å². The minimum Gasteiger partial charge on any atom is -0.377 e. The van der Waals surface area contributed by atoms with Gasteiger partial charge in [0, 0.05) is 0 Å². The fraction of sp³-hybridized carbons (Fsp3) is 0.667. The molecule has 1 amide bonds. The lowest BCUT2D eigenvalue weighted by Crippen LogP contribution is -2.45. The van der Waals surface area contributed by atoms with Crippen LogP contribution in [0.15, 0.2) is 0 Å². The summed E-state index contributed by atoms with van der Waals surface area (Å²) in [4.78, 5) is 21.1. The fourth-order valence-corrected chi connectivity index (χ4v) is 0.802. The molecule has 2 unspecified atom stereocenters. The Balaban J connectivity index is 2.54. The molecule has 62 valence electrons. The van der Waals surface area contributed by atoms with E-state index >= 15 is 0 Å². The van der Waals surface area contributed by atoms with Gasteiger partial charge in [0.15, 0.2) is 0 Å². The lowest BCUT2D eigenvalue weighted by Gasteiger charge is -2.06. The molecule has 5 nitrogen and oxygen atoms in total. The molecule has 0 aromatic heterocycles. The molecule has 1 saturated heterocycles. The normalized spacial score (nSPS) is 32.3. The Labute approximate surface area is 63.9 Å². The van der Waals surface area contributed by atoms with Gasteiger partial charge < -0.3 is 20.6 Å². The molecule has 0 aromatic carbocycles. The third kappa shape index (κ3) is 1.99. The van der Waals surface area contributed by atoms with E-state index in [0.717, 1.165) is 0 Å². The molecule has 1 fully saturated rings. The van der Waals surface area contributed by atoms with Crippen molar-refractivity contribution in [1.82, 2.24) is 5.32 Å². The van der Waals surface area contributed by atoms with E-state index in [1.807, 2.05) is 0 Å². The van der Waals surface area contributed by atoms with Gasteiger partial charge in [-0.05, 0) is 0 Å². The highest BCUT2D eigenvalue weighted by atomic mass is 16.5. The third-order valence-electron chi connectivity index (χ3n) is 1.42. The summed E-state index contributed by atoms with van der Waals surface area (Å²) < 4.78 is 4.94. The zero-order valence-corrected chi connectivity index (χ0v) is 5.95. The van der Waals surface area contributed by atoms with Crippen molar-refractivity contribution in [2.24, 2.45) is 5.73 Å². The quantitative estimate of drug-likeness (QED) is 0.434. The summed E-state index contributed by atoms with van der Waals surface area (Å²) >= 11 is 0. The maximum Gasteiger partial charge on any atom is 0.239 e. The second-order valence-corrected chi connectivity index (χ2v) is 2.40. The molecule has 11 heavy (non-hydrogen) atoms. The van der Waals surface area contributed by atoms with Crippen LogP contribution in [0.5, 0.6) is 0 Å². The maximum absolute atomic E-state index is 10.9. The van der Waals surface area contributed by atoms with Crippen molar-refractivity contribution in [3.8, 4) is 0 Å². The van der Waals surface area contributed by atoms with Crippen molar-refractivity contribution in [2.45, 2.75) is 12.1 Å². The smallest absolute Gasteiger partial charge is 0.239 e. The van der Waals surface area contributed by atoms with Crippen LogP contribution in [0.4, 0.5) is 0 Å². The first-order valence-corrected chi connectivity index (χ1v) is 3.33. The highest BCUT2D eigenvalue weighted by Gasteiger charge is 2.22. The van der Waals surface area contributed by atoms with Crippen molar-refractivity contribution in [1.29, 1.82) is 0 Å². The van der Waals surface area contributed by atoms with Gasteiger partial charge in [-0.2, -0.15) is 0 Å². The van der Waals surface area contributed by atoms with Crippen LogP contribution in [0.2, 0.25) is 0 Å². The second-order valence-electron chi connectivity index (χ2n) is 2.40. The van der Waals surface area contributed by atoms with Crippen LogP contribution in [-0.2, 0) is 14.3 Å². The number of hydrogen-bond acceptors (Lipinski definition) is 4. The van der Waals surface area contributed by atoms with Gasteiger partial charge in [0.05, 0.1) is 13.2 Å². The van der Waals surface area contributed by atoms with E-state index in [1.165, 1.54) is 0 Å². The second kappa shape index (κ2) is 3.45. The number of hydrogen-bond donors (Lipinski definition) is 2. The van der Waals surface area contributed by atoms with E-state index in [2.05, 4.69) is 5.32 Å². The molecule has 1 rings (SSSR count). The van der Waals surface area contributed by atoms with Crippen LogP contribution in [0.1, 0.15) is 0 Å². The minimum absolute atomic E-state index is 0.177. The van der Waals surface area contributed by atoms with Crippen molar-refractivity contribution in [3.63, 3.8) is 0 Å². The number of amides is 1. The number of carbonyl (C=O) groups excluding carboxylic acids is 2. The summed E-state index contributed by atoms with van der Waals surface area (Å²) in [5.41, 5.74) is 5.34. The topological polar surface area (TPSA) is 81.4 Å². The number of carbonyl (C=O) groups is 2. The predicted octanol–water partition coefficient (Wildman–Crippen LogP) is -1.97. The Kier molecular flexibility index (Phi) is 2.56. The Morgan fingerprint density at radius 1 is 1.64 bits per heavy atom. The largest absolute Gasteiger partial charge is 0.377 e. The third-order valence-corrected chi connectivity index (χ3v) is 1.42. The first kappa shape index (κ1) is 8.16. The Hall–Kier alpha value is -0.940. The molecule has 1 aliphatic rings. The van der Waals surface area contributed by atoms with Crippen LogP contribution < -0.4 is 11.1 Å². The molecule has 0 aliphatic carbocycles. The first-order chi connectivity index (χ1) is 5.24. The lowest BCUT2D eigenvalue weighted by molar-refractivity contribution is -0.124. The molecule has 0 bridgehead atoms. The summed E-state index contributed by atoms with van der Waals surface area (Å²) in [5, 5.41) is 2.42. The minimum atomic E-state index is -0.653. The highest BCUT2D eigenvalue weighted by Crippen LogP contribution is 1.92. The first-order valence-electron chi connectivity index (χ1n) is 3.33. The Morgan fingerprint density at radius 2 is 2.36 bits per heavy atom. The van der Waals surface area contributed by atoms with Crippen LogP contribution >= 0.6 is 0 Å². The molecular weight excluding hydrogens is 148 g/mol. The molecule has 2 atom stereocenters. The summed E-state index contributed by atoms with van der Waals surface area (Å²) in [6.45, 7) is 0.388. The van der Waals surface area contributed by atoms with E-state index in [0.29, 0.717) is 6.29 Å². The van der Waals surface area contributed by atoms with E-state index in [1.54, 1.807) is 0 Å². The molecule has 5 heteroatoms. The van der Waals surface area contributed by atoms with Gasteiger partial charge in [-0.3, -0.25) is 4.79 Å². The number of nitrogens with one attached hydrogen (secondary N) is 1. The van der Waals surface area contributed by atoms with Gasteiger partial charge in [-0.1, -0.05) is 0 Å². The molecule has 0 spiro atoms. The number of rotatable bonds is 1. The summed E-state index contributed by atoms with van der Waals surface area (Å²) in [7, 11) is 0. The van der Waals surface area contributed by atoms with Gasteiger partial charge in [0.1, 0.15) is 18.4 Å². The molecule has 0 saturated carbocycles. The summed E-state index contributed by atoms with van der Waals surface area (Å²) in [6, 6.07) is -1.20. The van der Waals surface area contributed by atoms with E-state index in [-0.39, 0.29) is 19.1 Å². The van der Waals surface area contributed by atoms with E-state index in [4.69, 9.17) is 10.5 Å².